The van der Waals surface area contributed by atoms with Gasteiger partial charge in [-0.2, -0.15) is 11.3 Å². The maximum atomic E-state index is 12.5. The molecule has 4 heteroatoms. The van der Waals surface area contributed by atoms with Crippen LogP contribution >= 0.6 is 27.3 Å². The Labute approximate surface area is 118 Å². The molecule has 0 unspecified atom stereocenters. The Balaban J connectivity index is 2.13. The summed E-state index contributed by atoms with van der Waals surface area (Å²) in [5.41, 5.74) is 3.58. The van der Waals surface area contributed by atoms with E-state index in [0.717, 1.165) is 33.3 Å². The fourth-order valence-electron chi connectivity index (χ4n) is 2.18. The van der Waals surface area contributed by atoms with Gasteiger partial charge in [-0.25, -0.2) is 0 Å². The van der Waals surface area contributed by atoms with Crippen molar-refractivity contribution >= 4 is 33.0 Å². The number of hydrogen-bond donors (Lipinski definition) is 0. The Morgan fingerprint density at radius 2 is 2.17 bits per heavy atom. The topological polar surface area (TPSA) is 26.3 Å². The molecule has 0 saturated heterocycles. The van der Waals surface area contributed by atoms with Crippen LogP contribution < -0.4 is 4.74 Å². The molecule has 0 saturated carbocycles. The summed E-state index contributed by atoms with van der Waals surface area (Å²) in [5.74, 6) is 0.807. The highest BCUT2D eigenvalue weighted by Gasteiger charge is 2.23. The number of fused-ring (bicyclic) bond motifs is 1. The number of hydrogen-bond acceptors (Lipinski definition) is 3. The molecule has 0 fully saturated rings. The quantitative estimate of drug-likeness (QED) is 0.781. The molecule has 2 aromatic rings. The minimum atomic E-state index is 0.0493. The highest BCUT2D eigenvalue weighted by atomic mass is 79.9. The van der Waals surface area contributed by atoms with Gasteiger partial charge in [0.05, 0.1) is 12.2 Å². The molecule has 1 aromatic heterocycles. The van der Waals surface area contributed by atoms with E-state index < -0.39 is 0 Å². The molecule has 3 rings (SSSR count). The zero-order chi connectivity index (χ0) is 12.7. The molecule has 0 aliphatic carbocycles. The van der Waals surface area contributed by atoms with Gasteiger partial charge in [0.25, 0.3) is 0 Å². The van der Waals surface area contributed by atoms with Gasteiger partial charge < -0.3 is 4.74 Å². The van der Waals surface area contributed by atoms with Gasteiger partial charge in [0.15, 0.2) is 5.78 Å². The van der Waals surface area contributed by atoms with Gasteiger partial charge in [0.2, 0.25) is 0 Å². The number of benzene rings is 1. The predicted molar refractivity (Wildman–Crippen MR) is 75.8 cm³/mol. The smallest absolute Gasteiger partial charge is 0.197 e. The number of thiophene rings is 1. The number of ether oxygens (including phenoxy) is 1. The zero-order valence-corrected chi connectivity index (χ0v) is 12.2. The maximum Gasteiger partial charge on any atom is 0.197 e. The van der Waals surface area contributed by atoms with Crippen molar-refractivity contribution < 1.29 is 9.53 Å². The van der Waals surface area contributed by atoms with Gasteiger partial charge in [-0.3, -0.25) is 4.79 Å². The zero-order valence-electron chi connectivity index (χ0n) is 9.83. The SMILES string of the molecule is Cc1cscc1C(=O)c1cc(Br)cc2c1OCC2. The van der Waals surface area contributed by atoms with Crippen LogP contribution in [-0.2, 0) is 6.42 Å². The average Bonchev–Trinajstić information content (AvgIpc) is 2.95. The summed E-state index contributed by atoms with van der Waals surface area (Å²) in [5, 5.41) is 3.90. The lowest BCUT2D eigenvalue weighted by molar-refractivity contribution is 0.103. The predicted octanol–water partition coefficient (Wildman–Crippen LogP) is 3.98. The molecule has 2 heterocycles. The monoisotopic (exact) mass is 322 g/mol. The van der Waals surface area contributed by atoms with Crippen LogP contribution in [0.15, 0.2) is 27.4 Å². The van der Waals surface area contributed by atoms with Gasteiger partial charge in [-0.1, -0.05) is 15.9 Å². The molecule has 1 aromatic carbocycles. The second kappa shape index (κ2) is 4.52. The van der Waals surface area contributed by atoms with Crippen LogP contribution in [-0.4, -0.2) is 12.4 Å². The van der Waals surface area contributed by atoms with Gasteiger partial charge >= 0.3 is 0 Å². The van der Waals surface area contributed by atoms with Crippen molar-refractivity contribution in [2.45, 2.75) is 13.3 Å². The Bertz CT molecular complexity index is 631. The summed E-state index contributed by atoms with van der Waals surface area (Å²) in [4.78, 5) is 12.5. The number of aryl methyl sites for hydroxylation is 1. The fraction of sp³-hybridized carbons (Fsp3) is 0.214. The van der Waals surface area contributed by atoms with Gasteiger partial charge in [0, 0.05) is 21.8 Å². The van der Waals surface area contributed by atoms with Crippen molar-refractivity contribution in [1.29, 1.82) is 0 Å². The van der Waals surface area contributed by atoms with E-state index in [1.807, 2.05) is 29.8 Å². The van der Waals surface area contributed by atoms with Crippen molar-refractivity contribution in [3.63, 3.8) is 0 Å². The van der Waals surface area contributed by atoms with E-state index >= 15 is 0 Å². The fourth-order valence-corrected chi connectivity index (χ4v) is 3.51. The maximum absolute atomic E-state index is 12.5. The third kappa shape index (κ3) is 1.89. The first-order valence-corrected chi connectivity index (χ1v) is 7.43. The largest absolute Gasteiger partial charge is 0.492 e. The summed E-state index contributed by atoms with van der Waals surface area (Å²) in [6, 6.07) is 3.88. The van der Waals surface area contributed by atoms with Crippen LogP contribution in [0.2, 0.25) is 0 Å². The Morgan fingerprint density at radius 1 is 1.33 bits per heavy atom. The number of rotatable bonds is 2. The van der Waals surface area contributed by atoms with E-state index in [4.69, 9.17) is 4.74 Å². The van der Waals surface area contributed by atoms with E-state index in [0.29, 0.717) is 12.2 Å². The summed E-state index contributed by atoms with van der Waals surface area (Å²) in [6.07, 6.45) is 0.873. The molecular weight excluding hydrogens is 312 g/mol. The minimum Gasteiger partial charge on any atom is -0.492 e. The second-order valence-corrected chi connectivity index (χ2v) is 6.00. The number of carbonyl (C=O) groups excluding carboxylic acids is 1. The van der Waals surface area contributed by atoms with E-state index in [1.54, 1.807) is 11.3 Å². The molecule has 18 heavy (non-hydrogen) atoms. The molecule has 92 valence electrons. The summed E-state index contributed by atoms with van der Waals surface area (Å²) in [7, 11) is 0. The van der Waals surface area contributed by atoms with Crippen LogP contribution in [0.5, 0.6) is 5.75 Å². The van der Waals surface area contributed by atoms with Crippen LogP contribution in [0.25, 0.3) is 0 Å². The molecule has 0 atom stereocenters. The third-order valence-electron chi connectivity index (χ3n) is 3.09. The lowest BCUT2D eigenvalue weighted by Crippen LogP contribution is -2.04. The van der Waals surface area contributed by atoms with Crippen LogP contribution in [0.4, 0.5) is 0 Å². The first-order chi connectivity index (χ1) is 8.66. The number of ketones is 1. The molecule has 0 amide bonds. The molecule has 0 bridgehead atoms. The molecule has 1 aliphatic heterocycles. The highest BCUT2D eigenvalue weighted by Crippen LogP contribution is 2.35. The lowest BCUT2D eigenvalue weighted by atomic mass is 10.00. The van der Waals surface area contributed by atoms with E-state index in [2.05, 4.69) is 15.9 Å². The Morgan fingerprint density at radius 3 is 2.89 bits per heavy atom. The number of carbonyl (C=O) groups is 1. The van der Waals surface area contributed by atoms with E-state index in [9.17, 15) is 4.79 Å². The van der Waals surface area contributed by atoms with E-state index in [1.165, 1.54) is 0 Å². The van der Waals surface area contributed by atoms with Crippen molar-refractivity contribution in [3.05, 3.63) is 49.6 Å². The first-order valence-electron chi connectivity index (χ1n) is 5.69. The second-order valence-electron chi connectivity index (χ2n) is 4.34. The standard InChI is InChI=1S/C14H11BrO2S/c1-8-6-18-7-12(8)13(16)11-5-10(15)4-9-2-3-17-14(9)11/h4-7H,2-3H2,1H3. The Hall–Kier alpha value is -1.13. The van der Waals surface area contributed by atoms with Crippen molar-refractivity contribution in [2.75, 3.05) is 6.61 Å². The molecule has 0 N–H and O–H groups in total. The summed E-state index contributed by atoms with van der Waals surface area (Å²) in [6.45, 7) is 2.62. The van der Waals surface area contributed by atoms with Crippen LogP contribution in [0.1, 0.15) is 27.0 Å². The van der Waals surface area contributed by atoms with Gasteiger partial charge in [-0.05, 0) is 35.6 Å². The van der Waals surface area contributed by atoms with Crippen molar-refractivity contribution in [1.82, 2.24) is 0 Å². The molecular formula is C14H11BrO2S. The molecule has 0 spiro atoms. The van der Waals surface area contributed by atoms with Crippen molar-refractivity contribution in [3.8, 4) is 5.75 Å². The van der Waals surface area contributed by atoms with Gasteiger partial charge in [0.1, 0.15) is 5.75 Å². The molecule has 1 aliphatic rings. The molecule has 2 nitrogen and oxygen atoms in total. The van der Waals surface area contributed by atoms with Crippen LogP contribution in [0, 0.1) is 6.92 Å². The summed E-state index contributed by atoms with van der Waals surface area (Å²) < 4.78 is 6.54. The molecule has 0 radical (unpaired) electrons. The number of halogens is 1. The average molecular weight is 323 g/mol. The normalized spacial score (nSPS) is 13.2. The third-order valence-corrected chi connectivity index (χ3v) is 4.41. The lowest BCUT2D eigenvalue weighted by Gasteiger charge is -2.08. The van der Waals surface area contributed by atoms with Gasteiger partial charge in [-0.15, -0.1) is 0 Å². The first kappa shape index (κ1) is 11.9. The summed E-state index contributed by atoms with van der Waals surface area (Å²) >= 11 is 5.01. The van der Waals surface area contributed by atoms with E-state index in [-0.39, 0.29) is 5.78 Å². The highest BCUT2D eigenvalue weighted by molar-refractivity contribution is 9.10. The van der Waals surface area contributed by atoms with Crippen LogP contribution in [0.3, 0.4) is 0 Å². The minimum absolute atomic E-state index is 0.0493. The Kier molecular flexibility index (Phi) is 2.99. The van der Waals surface area contributed by atoms with Crippen molar-refractivity contribution in [2.24, 2.45) is 0 Å².